The third-order valence-corrected chi connectivity index (χ3v) is 2.58. The van der Waals surface area contributed by atoms with Crippen LogP contribution in [0.4, 0.5) is 5.82 Å². The normalized spacial score (nSPS) is 10.1. The van der Waals surface area contributed by atoms with Gasteiger partial charge in [0.05, 0.1) is 4.90 Å². The molecule has 0 atom stereocenters. The SMILES string of the molecule is CCCC(=O)Sc1cnc(Cl)nc1N. The van der Waals surface area contributed by atoms with Crippen LogP contribution in [0.5, 0.6) is 0 Å². The van der Waals surface area contributed by atoms with E-state index in [1.807, 2.05) is 6.92 Å². The number of carbonyl (C=O) groups is 1. The molecule has 14 heavy (non-hydrogen) atoms. The number of nitrogen functional groups attached to an aromatic ring is 1. The van der Waals surface area contributed by atoms with E-state index in [0.717, 1.165) is 18.2 Å². The van der Waals surface area contributed by atoms with Crippen LogP contribution in [0, 0.1) is 0 Å². The highest BCUT2D eigenvalue weighted by atomic mass is 35.5. The van der Waals surface area contributed by atoms with Crippen LogP contribution < -0.4 is 5.73 Å². The first-order chi connectivity index (χ1) is 6.63. The summed E-state index contributed by atoms with van der Waals surface area (Å²) in [4.78, 5) is 19.3. The second kappa shape index (κ2) is 5.17. The fourth-order valence-electron chi connectivity index (χ4n) is 0.818. The van der Waals surface area contributed by atoms with Crippen molar-refractivity contribution in [2.75, 3.05) is 5.73 Å². The first-order valence-corrected chi connectivity index (χ1v) is 5.31. The highest BCUT2D eigenvalue weighted by Crippen LogP contribution is 2.25. The number of nitrogens with zero attached hydrogens (tertiary/aromatic N) is 2. The molecule has 76 valence electrons. The summed E-state index contributed by atoms with van der Waals surface area (Å²) in [5.74, 6) is 0.249. The Kier molecular flexibility index (Phi) is 4.16. The summed E-state index contributed by atoms with van der Waals surface area (Å²) in [6.45, 7) is 1.94. The Balaban J connectivity index is 2.72. The van der Waals surface area contributed by atoms with Gasteiger partial charge >= 0.3 is 0 Å². The van der Waals surface area contributed by atoms with Crippen LogP contribution in [-0.4, -0.2) is 15.1 Å². The van der Waals surface area contributed by atoms with Crippen molar-refractivity contribution in [3.05, 3.63) is 11.5 Å². The van der Waals surface area contributed by atoms with Gasteiger partial charge < -0.3 is 5.73 Å². The number of aromatic nitrogens is 2. The molecule has 0 amide bonds. The Morgan fingerprint density at radius 2 is 2.43 bits per heavy atom. The van der Waals surface area contributed by atoms with E-state index in [1.54, 1.807) is 0 Å². The third kappa shape index (κ3) is 3.16. The van der Waals surface area contributed by atoms with Crippen LogP contribution in [0.15, 0.2) is 11.1 Å². The lowest BCUT2D eigenvalue weighted by molar-refractivity contribution is -0.111. The van der Waals surface area contributed by atoms with E-state index < -0.39 is 0 Å². The van der Waals surface area contributed by atoms with Crippen molar-refractivity contribution in [3.63, 3.8) is 0 Å². The second-order valence-corrected chi connectivity index (χ2v) is 4.05. The van der Waals surface area contributed by atoms with Crippen molar-refractivity contribution in [1.82, 2.24) is 9.97 Å². The Labute approximate surface area is 91.3 Å². The van der Waals surface area contributed by atoms with Crippen molar-refractivity contribution in [1.29, 1.82) is 0 Å². The number of rotatable bonds is 3. The summed E-state index contributed by atoms with van der Waals surface area (Å²) in [7, 11) is 0. The molecular formula is C8H10ClN3OS. The van der Waals surface area contributed by atoms with Gasteiger partial charge in [-0.05, 0) is 29.8 Å². The molecule has 4 nitrogen and oxygen atoms in total. The molecule has 0 aliphatic rings. The summed E-state index contributed by atoms with van der Waals surface area (Å²) in [5.41, 5.74) is 5.56. The number of nitrogens with two attached hydrogens (primary N) is 1. The minimum absolute atomic E-state index is 0.0603. The van der Waals surface area contributed by atoms with Gasteiger partial charge in [0.25, 0.3) is 0 Å². The first-order valence-electron chi connectivity index (χ1n) is 4.12. The maximum Gasteiger partial charge on any atom is 0.224 e. The average Bonchev–Trinajstić information content (AvgIpc) is 2.10. The zero-order valence-electron chi connectivity index (χ0n) is 7.66. The predicted octanol–water partition coefficient (Wildman–Crippen LogP) is 2.13. The summed E-state index contributed by atoms with van der Waals surface area (Å²) < 4.78 is 0. The molecule has 0 unspecified atom stereocenters. The summed E-state index contributed by atoms with van der Waals surface area (Å²) in [6.07, 6.45) is 2.80. The van der Waals surface area contributed by atoms with Crippen molar-refractivity contribution in [3.8, 4) is 0 Å². The molecule has 0 radical (unpaired) electrons. The summed E-state index contributed by atoms with van der Waals surface area (Å²) in [5, 5.41) is 0.153. The van der Waals surface area contributed by atoms with Gasteiger partial charge in [-0.3, -0.25) is 4.79 Å². The molecule has 0 saturated heterocycles. The van der Waals surface area contributed by atoms with Gasteiger partial charge in [-0.2, -0.15) is 4.98 Å². The summed E-state index contributed by atoms with van der Waals surface area (Å²) >= 11 is 6.57. The lowest BCUT2D eigenvalue weighted by atomic mass is 10.4. The maximum atomic E-state index is 11.3. The minimum Gasteiger partial charge on any atom is -0.383 e. The Hall–Kier alpha value is -0.810. The molecule has 0 aliphatic carbocycles. The smallest absolute Gasteiger partial charge is 0.224 e. The molecule has 1 aromatic heterocycles. The van der Waals surface area contributed by atoms with Crippen molar-refractivity contribution < 1.29 is 4.79 Å². The molecule has 0 fully saturated rings. The lowest BCUT2D eigenvalue weighted by Crippen LogP contribution is -1.98. The predicted molar refractivity (Wildman–Crippen MR) is 57.2 cm³/mol. The Morgan fingerprint density at radius 1 is 1.71 bits per heavy atom. The molecular weight excluding hydrogens is 222 g/mol. The van der Waals surface area contributed by atoms with Gasteiger partial charge in [0.15, 0.2) is 5.12 Å². The highest BCUT2D eigenvalue weighted by molar-refractivity contribution is 8.13. The van der Waals surface area contributed by atoms with E-state index in [1.165, 1.54) is 6.20 Å². The number of hydrogen-bond donors (Lipinski definition) is 1. The summed E-state index contributed by atoms with van der Waals surface area (Å²) in [6, 6.07) is 0. The standard InChI is InChI=1S/C8H10ClN3OS/c1-2-3-6(13)14-5-4-11-8(9)12-7(5)10/h4H,2-3H2,1H3,(H2,10,11,12). The van der Waals surface area contributed by atoms with E-state index in [2.05, 4.69) is 9.97 Å². The van der Waals surface area contributed by atoms with E-state index in [-0.39, 0.29) is 16.2 Å². The van der Waals surface area contributed by atoms with Crippen molar-refractivity contribution in [2.45, 2.75) is 24.7 Å². The van der Waals surface area contributed by atoms with Crippen molar-refractivity contribution in [2.24, 2.45) is 0 Å². The van der Waals surface area contributed by atoms with Gasteiger partial charge in [-0.1, -0.05) is 6.92 Å². The fraction of sp³-hybridized carbons (Fsp3) is 0.375. The average molecular weight is 232 g/mol. The molecule has 1 aromatic rings. The van der Waals surface area contributed by atoms with E-state index >= 15 is 0 Å². The van der Waals surface area contributed by atoms with Crippen LogP contribution in [0.2, 0.25) is 5.28 Å². The lowest BCUT2D eigenvalue weighted by Gasteiger charge is -2.01. The molecule has 6 heteroatoms. The third-order valence-electron chi connectivity index (χ3n) is 1.43. The molecule has 0 aliphatic heterocycles. The van der Waals surface area contributed by atoms with Gasteiger partial charge in [0, 0.05) is 12.6 Å². The molecule has 1 heterocycles. The van der Waals surface area contributed by atoms with Crippen LogP contribution in [0.1, 0.15) is 19.8 Å². The van der Waals surface area contributed by atoms with Gasteiger partial charge in [0.1, 0.15) is 5.82 Å². The second-order valence-electron chi connectivity index (χ2n) is 2.61. The van der Waals surface area contributed by atoms with Crippen LogP contribution in [0.25, 0.3) is 0 Å². The topological polar surface area (TPSA) is 68.9 Å². The maximum absolute atomic E-state index is 11.3. The minimum atomic E-state index is 0.0603. The molecule has 2 N–H and O–H groups in total. The number of carbonyl (C=O) groups excluding carboxylic acids is 1. The van der Waals surface area contributed by atoms with E-state index in [4.69, 9.17) is 17.3 Å². The molecule has 0 spiro atoms. The van der Waals surface area contributed by atoms with Gasteiger partial charge in [-0.25, -0.2) is 4.98 Å². The Bertz CT molecular complexity index is 345. The van der Waals surface area contributed by atoms with Crippen LogP contribution in [-0.2, 0) is 4.79 Å². The van der Waals surface area contributed by atoms with Gasteiger partial charge in [-0.15, -0.1) is 0 Å². The van der Waals surface area contributed by atoms with E-state index in [9.17, 15) is 4.79 Å². The zero-order valence-corrected chi connectivity index (χ0v) is 9.23. The van der Waals surface area contributed by atoms with Crippen LogP contribution in [0.3, 0.4) is 0 Å². The fourth-order valence-corrected chi connectivity index (χ4v) is 1.76. The van der Waals surface area contributed by atoms with Crippen molar-refractivity contribution >= 4 is 34.3 Å². The number of anilines is 1. The quantitative estimate of drug-likeness (QED) is 0.638. The Morgan fingerprint density at radius 3 is 3.00 bits per heavy atom. The zero-order chi connectivity index (χ0) is 10.6. The molecule has 0 aromatic carbocycles. The highest BCUT2D eigenvalue weighted by Gasteiger charge is 2.08. The van der Waals surface area contributed by atoms with E-state index in [0.29, 0.717) is 11.3 Å². The van der Waals surface area contributed by atoms with Crippen LogP contribution >= 0.6 is 23.4 Å². The number of thioether (sulfide) groups is 1. The largest absolute Gasteiger partial charge is 0.383 e. The van der Waals surface area contributed by atoms with Gasteiger partial charge in [0.2, 0.25) is 5.28 Å². The molecule has 0 bridgehead atoms. The molecule has 1 rings (SSSR count). The number of halogens is 1. The molecule has 0 saturated carbocycles. The monoisotopic (exact) mass is 231 g/mol. The number of hydrogen-bond acceptors (Lipinski definition) is 5. The first kappa shape index (κ1) is 11.3.